The molecular weight excluding hydrogens is 965 g/mol. The fourth-order valence-corrected chi connectivity index (χ4v) is 13.0. The van der Waals surface area contributed by atoms with Gasteiger partial charge in [-0.2, -0.15) is 0 Å². The Morgan fingerprint density at radius 3 is 1.53 bits per heavy atom. The third kappa shape index (κ3) is 6.43. The predicted octanol–water partition coefficient (Wildman–Crippen LogP) is 16.3. The third-order valence-electron chi connectivity index (χ3n) is 16.2. The molecule has 1 aliphatic carbocycles. The van der Waals surface area contributed by atoms with Crippen LogP contribution in [0.1, 0.15) is 27.2 Å². The standard InChI is InChI=1S/C35H24N4.C34H20N4.C2H6/c1-21-18-19-26-30(20-21)39(35-25-14-7-8-15-27(25)36-34(37-35)22-10-3-2-4-11-22)33-31(26)29-17-9-16-28-23-12-5-6-13-24(23)32(33)38(28)29;1-2-11-21(12-3-1)31-24-15-6-8-17-26(24)35-34(36-31)38-28-18-9-7-16-25(28)30-29-20-10-19-27-22-13-4-5-14-23(22)32(33(30)38)37(27)29;1-2/h2-17,19-21H,18H2,1H3;1-20H;1-2H3. The van der Waals surface area contributed by atoms with Gasteiger partial charge in [0.15, 0.2) is 5.82 Å². The number of para-hydroxylation sites is 3. The Morgan fingerprint density at radius 1 is 0.380 bits per heavy atom. The minimum Gasteiger partial charge on any atom is -0.306 e. The SMILES string of the molecule is CC.CC1C=c2c(c3c(c4c5ccccc5c5cccc3n54)n2-c2nc(-c3ccccc3)nc3ccccc23)=CC1.c1ccc(-c2nc(-n3c4ccccc4c4c3c3c5ccccc5c5cccc4n53)nc3ccccc23)cc1. The number of hydrogen-bond donors (Lipinski definition) is 0. The zero-order valence-electron chi connectivity index (χ0n) is 43.8. The van der Waals surface area contributed by atoms with E-state index in [1.807, 2.05) is 44.2 Å². The van der Waals surface area contributed by atoms with Crippen molar-refractivity contribution in [3.8, 4) is 34.4 Å². The van der Waals surface area contributed by atoms with Gasteiger partial charge in [-0.3, -0.25) is 9.13 Å². The molecule has 0 N–H and O–H groups in total. The molecule has 374 valence electrons. The van der Waals surface area contributed by atoms with Crippen LogP contribution in [-0.2, 0) is 0 Å². The lowest BCUT2D eigenvalue weighted by atomic mass is 10.0. The quantitative estimate of drug-likeness (QED) is 0.176. The first-order valence-corrected chi connectivity index (χ1v) is 27.5. The second-order valence-corrected chi connectivity index (χ2v) is 20.6. The summed E-state index contributed by atoms with van der Waals surface area (Å²) in [6.07, 6.45) is 5.90. The number of pyridine rings is 2. The van der Waals surface area contributed by atoms with Gasteiger partial charge < -0.3 is 8.80 Å². The maximum atomic E-state index is 5.32. The molecule has 0 bridgehead atoms. The van der Waals surface area contributed by atoms with Crippen molar-refractivity contribution in [2.75, 3.05) is 0 Å². The summed E-state index contributed by atoms with van der Waals surface area (Å²) in [7, 11) is 0. The second kappa shape index (κ2) is 17.4. The highest BCUT2D eigenvalue weighted by molar-refractivity contribution is 6.29. The van der Waals surface area contributed by atoms with Crippen LogP contribution in [0.3, 0.4) is 0 Å². The van der Waals surface area contributed by atoms with Crippen molar-refractivity contribution < 1.29 is 0 Å². The van der Waals surface area contributed by atoms with Gasteiger partial charge in [0.05, 0.1) is 71.7 Å². The predicted molar refractivity (Wildman–Crippen MR) is 329 cm³/mol. The molecule has 0 aliphatic heterocycles. The summed E-state index contributed by atoms with van der Waals surface area (Å²) in [6.45, 7) is 6.30. The van der Waals surface area contributed by atoms with Gasteiger partial charge in [-0.25, -0.2) is 19.9 Å². The molecule has 0 saturated heterocycles. The summed E-state index contributed by atoms with van der Waals surface area (Å²) in [4.78, 5) is 20.8. The largest absolute Gasteiger partial charge is 0.306 e. The maximum absolute atomic E-state index is 5.32. The Hall–Kier alpha value is -10.2. The van der Waals surface area contributed by atoms with Gasteiger partial charge in [0, 0.05) is 64.8 Å². The topological polar surface area (TPSA) is 70.2 Å². The number of fused-ring (bicyclic) bond motifs is 18. The molecule has 0 fully saturated rings. The first-order chi connectivity index (χ1) is 39.2. The van der Waals surface area contributed by atoms with E-state index in [0.29, 0.717) is 11.9 Å². The van der Waals surface area contributed by atoms with E-state index < -0.39 is 0 Å². The van der Waals surface area contributed by atoms with Crippen molar-refractivity contribution in [2.45, 2.75) is 27.2 Å². The normalized spacial score (nSPS) is 13.5. The lowest BCUT2D eigenvalue weighted by molar-refractivity contribution is 0.791. The Labute approximate surface area is 453 Å². The Balaban J connectivity index is 0.000000128. The van der Waals surface area contributed by atoms with Crippen LogP contribution in [0.15, 0.2) is 218 Å². The van der Waals surface area contributed by atoms with Gasteiger partial charge in [-0.15, -0.1) is 0 Å². The van der Waals surface area contributed by atoms with Crippen LogP contribution >= 0.6 is 0 Å². The molecule has 18 rings (SSSR count). The summed E-state index contributed by atoms with van der Waals surface area (Å²) < 4.78 is 9.58. The molecule has 10 aromatic heterocycles. The average molecular weight is 1020 g/mol. The Bertz CT molecular complexity index is 5390. The van der Waals surface area contributed by atoms with Crippen molar-refractivity contribution in [3.63, 3.8) is 0 Å². The molecular formula is C71H50N8. The van der Waals surface area contributed by atoms with Crippen molar-refractivity contribution in [1.29, 1.82) is 0 Å². The van der Waals surface area contributed by atoms with E-state index in [-0.39, 0.29) is 0 Å². The van der Waals surface area contributed by atoms with E-state index in [2.05, 4.69) is 225 Å². The van der Waals surface area contributed by atoms with Gasteiger partial charge in [-0.05, 0) is 60.9 Å². The van der Waals surface area contributed by atoms with Crippen LogP contribution in [-0.4, -0.2) is 37.9 Å². The van der Waals surface area contributed by atoms with E-state index in [9.17, 15) is 0 Å². The van der Waals surface area contributed by atoms with Gasteiger partial charge >= 0.3 is 0 Å². The van der Waals surface area contributed by atoms with Gasteiger partial charge in [-0.1, -0.05) is 203 Å². The summed E-state index contributed by atoms with van der Waals surface area (Å²) in [5.41, 5.74) is 15.8. The first-order valence-electron chi connectivity index (χ1n) is 27.5. The van der Waals surface area contributed by atoms with Crippen LogP contribution in [0.4, 0.5) is 0 Å². The second-order valence-electron chi connectivity index (χ2n) is 20.6. The minimum atomic E-state index is 0.451. The number of hydrogen-bond acceptors (Lipinski definition) is 4. The average Bonchev–Trinajstić information content (AvgIpc) is 3.17. The van der Waals surface area contributed by atoms with Gasteiger partial charge in [0.2, 0.25) is 5.95 Å². The third-order valence-corrected chi connectivity index (χ3v) is 16.2. The Kier molecular flexibility index (Phi) is 9.94. The summed E-state index contributed by atoms with van der Waals surface area (Å²) in [6, 6.07) is 76.9. The molecule has 1 unspecified atom stereocenters. The number of rotatable bonds is 4. The molecule has 10 heterocycles. The monoisotopic (exact) mass is 1010 g/mol. The Morgan fingerprint density at radius 2 is 0.873 bits per heavy atom. The summed E-state index contributed by atoms with van der Waals surface area (Å²) in [5.74, 6) is 2.82. The highest BCUT2D eigenvalue weighted by Crippen LogP contribution is 2.45. The van der Waals surface area contributed by atoms with Crippen molar-refractivity contribution in [2.24, 2.45) is 5.92 Å². The van der Waals surface area contributed by atoms with Crippen LogP contribution < -0.4 is 10.6 Å². The van der Waals surface area contributed by atoms with E-state index in [1.54, 1.807) is 0 Å². The fourth-order valence-electron chi connectivity index (χ4n) is 13.0. The smallest absolute Gasteiger partial charge is 0.235 e. The number of nitrogens with zero attached hydrogens (tertiary/aromatic N) is 8. The van der Waals surface area contributed by atoms with Crippen LogP contribution in [0.5, 0.6) is 0 Å². The zero-order valence-corrected chi connectivity index (χ0v) is 43.8. The first kappa shape index (κ1) is 45.1. The van der Waals surface area contributed by atoms with E-state index in [1.165, 1.54) is 86.9 Å². The van der Waals surface area contributed by atoms with Crippen molar-refractivity contribution >= 4 is 121 Å². The van der Waals surface area contributed by atoms with Crippen LogP contribution in [0.25, 0.3) is 156 Å². The molecule has 7 aromatic carbocycles. The maximum Gasteiger partial charge on any atom is 0.235 e. The molecule has 0 saturated carbocycles. The molecule has 8 nitrogen and oxygen atoms in total. The fraction of sp³-hybridized carbons (Fsp3) is 0.0704. The molecule has 8 heteroatoms. The van der Waals surface area contributed by atoms with E-state index in [4.69, 9.17) is 19.9 Å². The minimum absolute atomic E-state index is 0.451. The van der Waals surface area contributed by atoms with E-state index in [0.717, 1.165) is 67.7 Å². The molecule has 0 amide bonds. The van der Waals surface area contributed by atoms with Gasteiger partial charge in [0.1, 0.15) is 5.82 Å². The van der Waals surface area contributed by atoms with Crippen LogP contribution in [0.2, 0.25) is 0 Å². The van der Waals surface area contributed by atoms with Crippen molar-refractivity contribution in [1.82, 2.24) is 37.9 Å². The van der Waals surface area contributed by atoms with E-state index >= 15 is 0 Å². The molecule has 79 heavy (non-hydrogen) atoms. The number of aromatic nitrogens is 8. The number of benzene rings is 7. The molecule has 0 spiro atoms. The lowest BCUT2D eigenvalue weighted by Gasteiger charge is -2.13. The molecule has 1 aliphatic rings. The molecule has 1 atom stereocenters. The molecule has 17 aromatic rings. The van der Waals surface area contributed by atoms with Gasteiger partial charge in [0.25, 0.3) is 0 Å². The summed E-state index contributed by atoms with van der Waals surface area (Å²) in [5, 5.41) is 13.5. The highest BCUT2D eigenvalue weighted by atomic mass is 15.2. The molecule has 0 radical (unpaired) electrons. The lowest BCUT2D eigenvalue weighted by Crippen LogP contribution is -2.32. The summed E-state index contributed by atoms with van der Waals surface area (Å²) >= 11 is 0. The van der Waals surface area contributed by atoms with Crippen LogP contribution in [0, 0.1) is 5.92 Å². The zero-order chi connectivity index (χ0) is 52.5. The van der Waals surface area contributed by atoms with Crippen molar-refractivity contribution in [3.05, 3.63) is 229 Å². The highest BCUT2D eigenvalue weighted by Gasteiger charge is 2.28.